The van der Waals surface area contributed by atoms with Gasteiger partial charge in [0, 0.05) is 16.6 Å². The third-order valence-corrected chi connectivity index (χ3v) is 3.29. The van der Waals surface area contributed by atoms with Gasteiger partial charge in [0.2, 0.25) is 0 Å². The highest BCUT2D eigenvalue weighted by atomic mass is 79.9. The molecule has 0 saturated heterocycles. The van der Waals surface area contributed by atoms with Crippen molar-refractivity contribution in [3.63, 3.8) is 0 Å². The molecule has 0 amide bonds. The molecule has 0 fully saturated rings. The van der Waals surface area contributed by atoms with Gasteiger partial charge in [-0.1, -0.05) is 22.0 Å². The number of hydrogen-bond donors (Lipinski definition) is 1. The van der Waals surface area contributed by atoms with E-state index >= 15 is 0 Å². The topological polar surface area (TPSA) is 20.2 Å². The monoisotopic (exact) mass is 278 g/mol. The Morgan fingerprint density at radius 3 is 2.86 bits per heavy atom. The highest BCUT2D eigenvalue weighted by Gasteiger charge is 2.08. The van der Waals surface area contributed by atoms with Gasteiger partial charge in [-0.05, 0) is 24.0 Å². The van der Waals surface area contributed by atoms with Crippen LogP contribution in [0.3, 0.4) is 0 Å². The zero-order valence-electron chi connectivity index (χ0n) is 7.84. The Labute approximate surface area is 95.8 Å². The molecule has 0 bridgehead atoms. The zero-order valence-corrected chi connectivity index (χ0v) is 10.2. The van der Waals surface area contributed by atoms with E-state index in [0.717, 1.165) is 10.0 Å². The van der Waals surface area contributed by atoms with E-state index in [4.69, 9.17) is 0 Å². The average Bonchev–Trinajstić information content (AvgIpc) is 2.10. The van der Waals surface area contributed by atoms with Crippen molar-refractivity contribution in [3.05, 3.63) is 34.1 Å². The third-order valence-electron chi connectivity index (χ3n) is 1.83. The molecule has 0 aliphatic rings. The quantitative estimate of drug-likeness (QED) is 0.914. The van der Waals surface area contributed by atoms with Crippen LogP contribution < -0.4 is 0 Å². The molecule has 0 aliphatic heterocycles. The van der Waals surface area contributed by atoms with Crippen LogP contribution in [0.25, 0.3) is 0 Å². The SMILES string of the molecule is CSCC(O)Cc1ccc(F)cc1Br. The summed E-state index contributed by atoms with van der Waals surface area (Å²) < 4.78 is 13.5. The van der Waals surface area contributed by atoms with Gasteiger partial charge in [-0.15, -0.1) is 0 Å². The molecule has 1 atom stereocenters. The Morgan fingerprint density at radius 2 is 2.29 bits per heavy atom. The number of aliphatic hydroxyl groups excluding tert-OH is 1. The molecule has 0 radical (unpaired) electrons. The second-order valence-corrected chi connectivity index (χ2v) is 4.81. The maximum absolute atomic E-state index is 12.7. The first-order valence-corrected chi connectivity index (χ1v) is 6.43. The van der Waals surface area contributed by atoms with Crippen LogP contribution in [-0.4, -0.2) is 23.2 Å². The van der Waals surface area contributed by atoms with Gasteiger partial charge in [0.05, 0.1) is 6.10 Å². The van der Waals surface area contributed by atoms with Crippen molar-refractivity contribution in [2.24, 2.45) is 0 Å². The summed E-state index contributed by atoms with van der Waals surface area (Å²) in [6, 6.07) is 4.52. The smallest absolute Gasteiger partial charge is 0.124 e. The largest absolute Gasteiger partial charge is 0.392 e. The Morgan fingerprint density at radius 1 is 1.57 bits per heavy atom. The summed E-state index contributed by atoms with van der Waals surface area (Å²) in [6.07, 6.45) is 2.14. The molecule has 0 saturated carbocycles. The first kappa shape index (κ1) is 12.0. The predicted octanol–water partition coefficient (Wildman–Crippen LogP) is 2.85. The van der Waals surface area contributed by atoms with Crippen LogP contribution >= 0.6 is 27.7 Å². The summed E-state index contributed by atoms with van der Waals surface area (Å²) in [5.74, 6) is 0.434. The molecular weight excluding hydrogens is 267 g/mol. The van der Waals surface area contributed by atoms with Crippen molar-refractivity contribution in [2.45, 2.75) is 12.5 Å². The second kappa shape index (κ2) is 5.73. The van der Waals surface area contributed by atoms with Crippen LogP contribution in [0.5, 0.6) is 0 Å². The van der Waals surface area contributed by atoms with Gasteiger partial charge in [-0.2, -0.15) is 11.8 Å². The number of aliphatic hydroxyl groups is 1. The number of benzene rings is 1. The lowest BCUT2D eigenvalue weighted by molar-refractivity contribution is 0.200. The van der Waals surface area contributed by atoms with Gasteiger partial charge in [0.15, 0.2) is 0 Å². The van der Waals surface area contributed by atoms with Gasteiger partial charge >= 0.3 is 0 Å². The van der Waals surface area contributed by atoms with Gasteiger partial charge in [0.25, 0.3) is 0 Å². The second-order valence-electron chi connectivity index (χ2n) is 3.05. The highest BCUT2D eigenvalue weighted by molar-refractivity contribution is 9.10. The fraction of sp³-hybridized carbons (Fsp3) is 0.400. The predicted molar refractivity (Wildman–Crippen MR) is 62.2 cm³/mol. The lowest BCUT2D eigenvalue weighted by Gasteiger charge is -2.10. The summed E-state index contributed by atoms with van der Waals surface area (Å²) in [5.41, 5.74) is 0.938. The molecule has 1 aromatic carbocycles. The lowest BCUT2D eigenvalue weighted by atomic mass is 10.1. The molecule has 0 spiro atoms. The van der Waals surface area contributed by atoms with E-state index in [0.29, 0.717) is 12.2 Å². The van der Waals surface area contributed by atoms with Crippen molar-refractivity contribution < 1.29 is 9.50 Å². The maximum Gasteiger partial charge on any atom is 0.124 e. The Hall–Kier alpha value is -0.0600. The van der Waals surface area contributed by atoms with Crippen molar-refractivity contribution in [1.29, 1.82) is 0 Å². The molecule has 1 aromatic rings. The molecular formula is C10H12BrFOS. The molecule has 1 nitrogen and oxygen atoms in total. The number of hydrogen-bond acceptors (Lipinski definition) is 2. The van der Waals surface area contributed by atoms with Crippen LogP contribution in [0.4, 0.5) is 4.39 Å². The van der Waals surface area contributed by atoms with Crippen LogP contribution in [-0.2, 0) is 6.42 Å². The Bertz CT molecular complexity index is 306. The normalized spacial score (nSPS) is 12.9. The first-order chi connectivity index (χ1) is 6.63. The maximum atomic E-state index is 12.7. The summed E-state index contributed by atoms with van der Waals surface area (Å²) in [6.45, 7) is 0. The molecule has 0 aromatic heterocycles. The van der Waals surface area contributed by atoms with Gasteiger partial charge in [0.1, 0.15) is 5.82 Å². The lowest BCUT2D eigenvalue weighted by Crippen LogP contribution is -2.13. The van der Waals surface area contributed by atoms with Crippen LogP contribution in [0.1, 0.15) is 5.56 Å². The molecule has 78 valence electrons. The van der Waals surface area contributed by atoms with Crippen LogP contribution in [0, 0.1) is 5.82 Å². The van der Waals surface area contributed by atoms with E-state index in [1.807, 2.05) is 6.26 Å². The van der Waals surface area contributed by atoms with E-state index in [2.05, 4.69) is 15.9 Å². The molecule has 1 rings (SSSR count). The number of rotatable bonds is 4. The molecule has 0 heterocycles. The van der Waals surface area contributed by atoms with Gasteiger partial charge < -0.3 is 5.11 Å². The molecule has 14 heavy (non-hydrogen) atoms. The fourth-order valence-corrected chi connectivity index (χ4v) is 2.21. The Balaban J connectivity index is 2.67. The highest BCUT2D eigenvalue weighted by Crippen LogP contribution is 2.20. The standard InChI is InChI=1S/C10H12BrFOS/c1-14-6-9(13)4-7-2-3-8(12)5-10(7)11/h2-3,5,9,13H,4,6H2,1H3. The molecule has 1 unspecified atom stereocenters. The zero-order chi connectivity index (χ0) is 10.6. The van der Waals surface area contributed by atoms with Crippen molar-refractivity contribution in [3.8, 4) is 0 Å². The van der Waals surface area contributed by atoms with Crippen molar-refractivity contribution in [2.75, 3.05) is 12.0 Å². The van der Waals surface area contributed by atoms with Crippen LogP contribution in [0.2, 0.25) is 0 Å². The minimum atomic E-state index is -0.369. The minimum absolute atomic E-state index is 0.264. The number of thioether (sulfide) groups is 1. The van der Waals surface area contributed by atoms with E-state index < -0.39 is 0 Å². The molecule has 1 N–H and O–H groups in total. The molecule has 0 aliphatic carbocycles. The summed E-state index contributed by atoms with van der Waals surface area (Å²) in [7, 11) is 0. The van der Waals surface area contributed by atoms with Crippen LogP contribution in [0.15, 0.2) is 22.7 Å². The Kier molecular flexibility index (Phi) is 4.92. The summed E-state index contributed by atoms with van der Waals surface area (Å²) in [4.78, 5) is 0. The van der Waals surface area contributed by atoms with E-state index in [-0.39, 0.29) is 11.9 Å². The van der Waals surface area contributed by atoms with Crippen molar-refractivity contribution in [1.82, 2.24) is 0 Å². The van der Waals surface area contributed by atoms with Crippen molar-refractivity contribution >= 4 is 27.7 Å². The van der Waals surface area contributed by atoms with E-state index in [1.54, 1.807) is 17.8 Å². The summed E-state index contributed by atoms with van der Waals surface area (Å²) >= 11 is 4.87. The first-order valence-electron chi connectivity index (χ1n) is 4.24. The van der Waals surface area contributed by atoms with E-state index in [9.17, 15) is 9.50 Å². The minimum Gasteiger partial charge on any atom is -0.392 e. The third kappa shape index (κ3) is 3.59. The fourth-order valence-electron chi connectivity index (χ4n) is 1.19. The van der Waals surface area contributed by atoms with Gasteiger partial charge in [-0.25, -0.2) is 4.39 Å². The number of halogens is 2. The summed E-state index contributed by atoms with van der Waals surface area (Å²) in [5, 5.41) is 9.56. The van der Waals surface area contributed by atoms with Gasteiger partial charge in [-0.3, -0.25) is 0 Å². The van der Waals surface area contributed by atoms with E-state index in [1.165, 1.54) is 12.1 Å². The average molecular weight is 279 g/mol. The molecule has 4 heteroatoms.